The molecule has 186 valence electrons. The van der Waals surface area contributed by atoms with Gasteiger partial charge in [-0.1, -0.05) is 26.2 Å². The summed E-state index contributed by atoms with van der Waals surface area (Å²) in [7, 11) is -0.154. The zero-order valence-corrected chi connectivity index (χ0v) is 20.5. The van der Waals surface area contributed by atoms with Crippen LogP contribution in [-0.4, -0.2) is 63.3 Å². The standard InChI is InChI=1S/C21H32F3N3O5Si/c1-15(20(29)30-2)12-32-13-16-7-6-8-26(16)17-11-25-27(14-31-9-10-33(3,4)5)19(28)18(17)21(22,23)24/h11,16H,1,6-10,12-14H2,2-5H3/t16-/m0/s1. The smallest absolute Gasteiger partial charge is 0.423 e. The highest BCUT2D eigenvalue weighted by Gasteiger charge is 2.41. The Hall–Kier alpha value is -2.18. The molecule has 2 rings (SSSR count). The van der Waals surface area contributed by atoms with Gasteiger partial charge in [-0.25, -0.2) is 9.48 Å². The summed E-state index contributed by atoms with van der Waals surface area (Å²) in [5, 5.41) is 3.94. The lowest BCUT2D eigenvalue weighted by atomic mass is 10.2. The molecule has 1 aliphatic heterocycles. The average molecular weight is 492 g/mol. The van der Waals surface area contributed by atoms with Crippen LogP contribution in [0.3, 0.4) is 0 Å². The monoisotopic (exact) mass is 491 g/mol. The molecular weight excluding hydrogens is 459 g/mol. The van der Waals surface area contributed by atoms with Crippen molar-refractivity contribution < 1.29 is 32.2 Å². The van der Waals surface area contributed by atoms with Crippen LogP contribution in [-0.2, 0) is 31.9 Å². The fraction of sp³-hybridized carbons (Fsp3) is 0.667. The van der Waals surface area contributed by atoms with E-state index in [0.29, 0.717) is 30.7 Å². The Morgan fingerprint density at radius 2 is 2.00 bits per heavy atom. The molecule has 0 bridgehead atoms. The van der Waals surface area contributed by atoms with Crippen molar-refractivity contribution in [3.8, 4) is 0 Å². The number of carbonyl (C=O) groups excluding carboxylic acids is 1. The normalized spacial score (nSPS) is 16.8. The highest BCUT2D eigenvalue weighted by atomic mass is 28.3. The van der Waals surface area contributed by atoms with Gasteiger partial charge in [0.25, 0.3) is 5.56 Å². The number of esters is 1. The van der Waals surface area contributed by atoms with Crippen molar-refractivity contribution in [2.24, 2.45) is 0 Å². The van der Waals surface area contributed by atoms with Crippen LogP contribution in [0, 0.1) is 0 Å². The summed E-state index contributed by atoms with van der Waals surface area (Å²) in [6.07, 6.45) is -2.59. The number of nitrogens with zero attached hydrogens (tertiary/aromatic N) is 3. The molecule has 1 saturated heterocycles. The van der Waals surface area contributed by atoms with Crippen molar-refractivity contribution in [2.75, 3.05) is 38.4 Å². The lowest BCUT2D eigenvalue weighted by Gasteiger charge is -2.29. The number of carbonyl (C=O) groups is 1. The first-order chi connectivity index (χ1) is 15.3. The number of alkyl halides is 3. The summed E-state index contributed by atoms with van der Waals surface area (Å²) < 4.78 is 57.9. The van der Waals surface area contributed by atoms with Gasteiger partial charge >= 0.3 is 12.1 Å². The van der Waals surface area contributed by atoms with Gasteiger partial charge in [-0.2, -0.15) is 18.3 Å². The van der Waals surface area contributed by atoms with E-state index < -0.39 is 37.4 Å². The Kier molecular flexibility index (Phi) is 9.26. The summed E-state index contributed by atoms with van der Waals surface area (Å²) in [5.41, 5.74) is -2.67. The second-order valence-electron chi connectivity index (χ2n) is 9.15. The number of hydrogen-bond acceptors (Lipinski definition) is 7. The number of halogens is 3. The number of methoxy groups -OCH3 is 1. The van der Waals surface area contributed by atoms with Crippen molar-refractivity contribution in [3.63, 3.8) is 0 Å². The zero-order chi connectivity index (χ0) is 24.8. The molecule has 0 aromatic carbocycles. The Morgan fingerprint density at radius 3 is 2.61 bits per heavy atom. The maximum Gasteiger partial charge on any atom is 0.423 e. The topological polar surface area (TPSA) is 82.9 Å². The van der Waals surface area contributed by atoms with Crippen LogP contribution >= 0.6 is 0 Å². The van der Waals surface area contributed by atoms with E-state index in [1.165, 1.54) is 12.0 Å². The van der Waals surface area contributed by atoms with Crippen molar-refractivity contribution in [3.05, 3.63) is 34.3 Å². The lowest BCUT2D eigenvalue weighted by molar-refractivity contribution is -0.139. The van der Waals surface area contributed by atoms with Crippen LogP contribution < -0.4 is 10.5 Å². The molecule has 0 N–H and O–H groups in total. The zero-order valence-electron chi connectivity index (χ0n) is 19.5. The summed E-state index contributed by atoms with van der Waals surface area (Å²) in [6, 6.07) is 0.422. The molecule has 1 atom stereocenters. The van der Waals surface area contributed by atoms with Crippen molar-refractivity contribution in [1.82, 2.24) is 9.78 Å². The SMILES string of the molecule is C=C(COC[C@@H]1CCCN1c1cnn(COCC[Si](C)(C)C)c(=O)c1C(F)(F)F)C(=O)OC. The van der Waals surface area contributed by atoms with E-state index in [2.05, 4.69) is 36.1 Å². The maximum atomic E-state index is 13.9. The van der Waals surface area contributed by atoms with E-state index in [4.69, 9.17) is 9.47 Å². The summed E-state index contributed by atoms with van der Waals surface area (Å²) in [6.45, 7) is 10.3. The number of rotatable bonds is 11. The van der Waals surface area contributed by atoms with E-state index in [0.717, 1.165) is 12.2 Å². The fourth-order valence-electron chi connectivity index (χ4n) is 3.43. The van der Waals surface area contributed by atoms with Gasteiger partial charge in [0.2, 0.25) is 0 Å². The highest BCUT2D eigenvalue weighted by Crippen LogP contribution is 2.36. The van der Waals surface area contributed by atoms with Crippen LogP contribution in [0.4, 0.5) is 18.9 Å². The van der Waals surface area contributed by atoms with Gasteiger partial charge in [-0.05, 0) is 18.9 Å². The van der Waals surface area contributed by atoms with Gasteiger partial charge in [-0.3, -0.25) is 4.79 Å². The molecule has 0 saturated carbocycles. The molecule has 2 heterocycles. The van der Waals surface area contributed by atoms with Crippen LogP contribution in [0.5, 0.6) is 0 Å². The van der Waals surface area contributed by atoms with Gasteiger partial charge in [0, 0.05) is 21.2 Å². The Balaban J connectivity index is 2.17. The molecule has 1 aromatic rings. The van der Waals surface area contributed by atoms with Crippen LogP contribution in [0.25, 0.3) is 0 Å². The average Bonchev–Trinajstić information content (AvgIpc) is 3.17. The van der Waals surface area contributed by atoms with E-state index in [1.54, 1.807) is 0 Å². The largest absolute Gasteiger partial charge is 0.466 e. The minimum Gasteiger partial charge on any atom is -0.466 e. The Bertz CT molecular complexity index is 899. The Morgan fingerprint density at radius 1 is 1.30 bits per heavy atom. The van der Waals surface area contributed by atoms with E-state index >= 15 is 0 Å². The Labute approximate surface area is 192 Å². The first-order valence-corrected chi connectivity index (χ1v) is 14.4. The second kappa shape index (κ2) is 11.3. The molecule has 1 aromatic heterocycles. The molecular formula is C21H32F3N3O5Si. The second-order valence-corrected chi connectivity index (χ2v) is 14.8. The molecule has 1 aliphatic rings. The maximum absolute atomic E-state index is 13.9. The minimum absolute atomic E-state index is 0.0657. The third kappa shape index (κ3) is 7.68. The van der Waals surface area contributed by atoms with E-state index in [9.17, 15) is 22.8 Å². The van der Waals surface area contributed by atoms with Gasteiger partial charge in [0.05, 0.1) is 43.8 Å². The van der Waals surface area contributed by atoms with Crippen molar-refractivity contribution >= 4 is 19.7 Å². The van der Waals surface area contributed by atoms with Crippen LogP contribution in [0.15, 0.2) is 23.1 Å². The molecule has 33 heavy (non-hydrogen) atoms. The van der Waals surface area contributed by atoms with Crippen molar-refractivity contribution in [2.45, 2.75) is 57.5 Å². The predicted octanol–water partition coefficient (Wildman–Crippen LogP) is 3.29. The summed E-state index contributed by atoms with van der Waals surface area (Å²) in [5.74, 6) is -0.613. The molecule has 12 heteroatoms. The molecule has 0 spiro atoms. The lowest BCUT2D eigenvalue weighted by Crippen LogP contribution is -2.39. The number of aromatic nitrogens is 2. The number of hydrogen-bond donors (Lipinski definition) is 0. The molecule has 8 nitrogen and oxygen atoms in total. The van der Waals surface area contributed by atoms with Crippen molar-refractivity contribution in [1.29, 1.82) is 0 Å². The number of ether oxygens (including phenoxy) is 3. The van der Waals surface area contributed by atoms with Gasteiger partial charge in [-0.15, -0.1) is 0 Å². The molecule has 0 radical (unpaired) electrons. The first kappa shape index (κ1) is 27.1. The highest BCUT2D eigenvalue weighted by molar-refractivity contribution is 6.76. The summed E-state index contributed by atoms with van der Waals surface area (Å²) in [4.78, 5) is 25.6. The van der Waals surface area contributed by atoms with Gasteiger partial charge in [0.1, 0.15) is 12.3 Å². The molecule has 1 fully saturated rings. The van der Waals surface area contributed by atoms with Gasteiger partial charge in [0.15, 0.2) is 0 Å². The van der Waals surface area contributed by atoms with E-state index in [-0.39, 0.29) is 31.2 Å². The molecule has 0 unspecified atom stereocenters. The van der Waals surface area contributed by atoms with Crippen LogP contribution in [0.2, 0.25) is 25.7 Å². The summed E-state index contributed by atoms with van der Waals surface area (Å²) >= 11 is 0. The minimum atomic E-state index is -4.86. The third-order valence-electron chi connectivity index (χ3n) is 5.26. The molecule has 0 amide bonds. The predicted molar refractivity (Wildman–Crippen MR) is 120 cm³/mol. The number of anilines is 1. The van der Waals surface area contributed by atoms with Gasteiger partial charge < -0.3 is 19.1 Å². The molecule has 0 aliphatic carbocycles. The quantitative estimate of drug-likeness (QED) is 0.203. The van der Waals surface area contributed by atoms with Crippen LogP contribution in [0.1, 0.15) is 18.4 Å². The van der Waals surface area contributed by atoms with E-state index in [1.807, 2.05) is 0 Å². The first-order valence-electron chi connectivity index (χ1n) is 10.7. The fourth-order valence-corrected chi connectivity index (χ4v) is 4.19. The third-order valence-corrected chi connectivity index (χ3v) is 6.97.